The zero-order valence-corrected chi connectivity index (χ0v) is 15.7. The molecule has 5 nitrogen and oxygen atoms in total. The zero-order valence-electron chi connectivity index (χ0n) is 14.1. The molecule has 0 aliphatic heterocycles. The monoisotopic (exact) mass is 399 g/mol. The first kappa shape index (κ1) is 16.5. The maximum Gasteiger partial charge on any atom is 0.163 e. The van der Waals surface area contributed by atoms with Gasteiger partial charge in [0.15, 0.2) is 5.65 Å². The molecule has 25 heavy (non-hydrogen) atoms. The van der Waals surface area contributed by atoms with E-state index < -0.39 is 0 Å². The Labute approximate surface area is 156 Å². The lowest BCUT2D eigenvalue weighted by Gasteiger charge is -2.23. The largest absolute Gasteiger partial charge is 0.367 e. The molecular formula is C19H22BrN5. The van der Waals surface area contributed by atoms with Crippen LogP contribution in [0.4, 0.5) is 5.82 Å². The van der Waals surface area contributed by atoms with Crippen molar-refractivity contribution in [3.05, 3.63) is 48.4 Å². The maximum absolute atomic E-state index is 4.56. The highest BCUT2D eigenvalue weighted by molar-refractivity contribution is 9.09. The molecule has 6 heteroatoms. The Balaban J connectivity index is 1.56. The number of rotatable bonds is 5. The molecule has 1 aliphatic carbocycles. The van der Waals surface area contributed by atoms with Crippen LogP contribution in [-0.2, 0) is 6.54 Å². The van der Waals surface area contributed by atoms with Crippen molar-refractivity contribution in [3.8, 4) is 0 Å². The maximum atomic E-state index is 4.56. The lowest BCUT2D eigenvalue weighted by molar-refractivity contribution is 0.462. The SMILES string of the molecule is BrC(Cn1ncc2c(NC3CCCCC3)ncnc21)c1ccccc1. The van der Waals surface area contributed by atoms with E-state index in [1.165, 1.54) is 37.7 Å². The Hall–Kier alpha value is -1.95. The van der Waals surface area contributed by atoms with Crippen LogP contribution in [-0.4, -0.2) is 25.8 Å². The zero-order chi connectivity index (χ0) is 17.1. The average molecular weight is 400 g/mol. The fourth-order valence-corrected chi connectivity index (χ4v) is 4.08. The molecule has 0 bridgehead atoms. The smallest absolute Gasteiger partial charge is 0.163 e. The Bertz CT molecular complexity index is 826. The summed E-state index contributed by atoms with van der Waals surface area (Å²) in [5.41, 5.74) is 2.12. The van der Waals surface area contributed by atoms with E-state index in [1.807, 2.05) is 16.9 Å². The quantitative estimate of drug-likeness (QED) is 0.631. The van der Waals surface area contributed by atoms with Crippen molar-refractivity contribution < 1.29 is 0 Å². The van der Waals surface area contributed by atoms with Crippen molar-refractivity contribution in [2.24, 2.45) is 0 Å². The van der Waals surface area contributed by atoms with Crippen LogP contribution in [0.15, 0.2) is 42.9 Å². The first-order valence-corrected chi connectivity index (χ1v) is 9.85. The molecule has 0 amide bonds. The lowest BCUT2D eigenvalue weighted by Crippen LogP contribution is -2.23. The van der Waals surface area contributed by atoms with E-state index in [9.17, 15) is 0 Å². The van der Waals surface area contributed by atoms with Crippen molar-refractivity contribution in [2.75, 3.05) is 5.32 Å². The number of hydrogen-bond donors (Lipinski definition) is 1. The summed E-state index contributed by atoms with van der Waals surface area (Å²) in [7, 11) is 0. The predicted octanol–water partition coefficient (Wildman–Crippen LogP) is 4.71. The highest BCUT2D eigenvalue weighted by Gasteiger charge is 2.17. The van der Waals surface area contributed by atoms with Gasteiger partial charge in [0.1, 0.15) is 12.1 Å². The number of anilines is 1. The Morgan fingerprint density at radius 2 is 1.92 bits per heavy atom. The van der Waals surface area contributed by atoms with Gasteiger partial charge in [0, 0.05) is 6.04 Å². The molecule has 1 fully saturated rings. The fourth-order valence-electron chi connectivity index (χ4n) is 3.50. The van der Waals surface area contributed by atoms with E-state index in [1.54, 1.807) is 6.33 Å². The molecule has 4 rings (SSSR count). The molecule has 3 aromatic rings. The summed E-state index contributed by atoms with van der Waals surface area (Å²) in [6, 6.07) is 10.9. The Morgan fingerprint density at radius 3 is 2.72 bits per heavy atom. The molecule has 1 aliphatic rings. The van der Waals surface area contributed by atoms with Crippen LogP contribution >= 0.6 is 15.9 Å². The molecule has 2 aromatic heterocycles. The second-order valence-corrected chi connectivity index (χ2v) is 7.75. The van der Waals surface area contributed by atoms with Gasteiger partial charge in [0.25, 0.3) is 0 Å². The van der Waals surface area contributed by atoms with Crippen LogP contribution in [0.2, 0.25) is 0 Å². The number of alkyl halides is 1. The van der Waals surface area contributed by atoms with Gasteiger partial charge in [-0.05, 0) is 18.4 Å². The van der Waals surface area contributed by atoms with Gasteiger partial charge in [-0.1, -0.05) is 65.5 Å². The molecule has 0 radical (unpaired) electrons. The molecule has 2 heterocycles. The second kappa shape index (κ2) is 7.52. The van der Waals surface area contributed by atoms with E-state index in [0.29, 0.717) is 6.04 Å². The summed E-state index contributed by atoms with van der Waals surface area (Å²) in [6.45, 7) is 0.730. The molecule has 1 unspecified atom stereocenters. The van der Waals surface area contributed by atoms with Crippen molar-refractivity contribution in [1.82, 2.24) is 19.7 Å². The highest BCUT2D eigenvalue weighted by atomic mass is 79.9. The topological polar surface area (TPSA) is 55.6 Å². The molecule has 1 saturated carbocycles. The number of nitrogens with one attached hydrogen (secondary N) is 1. The molecule has 1 atom stereocenters. The lowest BCUT2D eigenvalue weighted by atomic mass is 9.95. The van der Waals surface area contributed by atoms with Gasteiger partial charge in [-0.3, -0.25) is 0 Å². The number of benzene rings is 1. The normalized spacial score (nSPS) is 16.8. The van der Waals surface area contributed by atoms with Gasteiger partial charge in [-0.25, -0.2) is 14.6 Å². The third kappa shape index (κ3) is 3.68. The minimum atomic E-state index is 0.196. The summed E-state index contributed by atoms with van der Waals surface area (Å²) in [5, 5.41) is 9.17. The van der Waals surface area contributed by atoms with Crippen molar-refractivity contribution >= 4 is 32.8 Å². The van der Waals surface area contributed by atoms with E-state index in [0.717, 1.165) is 23.4 Å². The number of halogens is 1. The number of nitrogens with zero attached hydrogens (tertiary/aromatic N) is 4. The summed E-state index contributed by atoms with van der Waals surface area (Å²) in [6.07, 6.45) is 9.90. The summed E-state index contributed by atoms with van der Waals surface area (Å²) in [5.74, 6) is 0.911. The summed E-state index contributed by atoms with van der Waals surface area (Å²) in [4.78, 5) is 9.13. The molecule has 130 valence electrons. The van der Waals surface area contributed by atoms with E-state index in [4.69, 9.17) is 0 Å². The van der Waals surface area contributed by atoms with Gasteiger partial charge in [-0.15, -0.1) is 0 Å². The molecule has 1 aromatic carbocycles. The molecular weight excluding hydrogens is 378 g/mol. The van der Waals surface area contributed by atoms with E-state index in [2.05, 4.69) is 60.6 Å². The number of aromatic nitrogens is 4. The van der Waals surface area contributed by atoms with Crippen LogP contribution in [0.5, 0.6) is 0 Å². The Morgan fingerprint density at radius 1 is 1.12 bits per heavy atom. The molecule has 0 saturated heterocycles. The highest BCUT2D eigenvalue weighted by Crippen LogP contribution is 2.28. The number of fused-ring (bicyclic) bond motifs is 1. The van der Waals surface area contributed by atoms with Crippen molar-refractivity contribution in [2.45, 2.75) is 49.5 Å². The van der Waals surface area contributed by atoms with Gasteiger partial charge in [-0.2, -0.15) is 5.10 Å². The van der Waals surface area contributed by atoms with Crippen LogP contribution in [0.25, 0.3) is 11.0 Å². The van der Waals surface area contributed by atoms with Gasteiger partial charge >= 0.3 is 0 Å². The third-order valence-electron chi connectivity index (χ3n) is 4.87. The molecule has 1 N–H and O–H groups in total. The van der Waals surface area contributed by atoms with Crippen molar-refractivity contribution in [1.29, 1.82) is 0 Å². The van der Waals surface area contributed by atoms with E-state index >= 15 is 0 Å². The minimum Gasteiger partial charge on any atom is -0.367 e. The van der Waals surface area contributed by atoms with Crippen molar-refractivity contribution in [3.63, 3.8) is 0 Å². The standard InChI is InChI=1S/C19H22BrN5/c20-17(14-7-3-1-4-8-14)12-25-19-16(11-23-25)18(21-13-22-19)24-15-9-5-2-6-10-15/h1,3-4,7-8,11,13,15,17H,2,5-6,9-10,12H2,(H,21,22,24). The first-order chi connectivity index (χ1) is 12.3. The van der Waals surface area contributed by atoms with Crippen LogP contribution < -0.4 is 5.32 Å². The fraction of sp³-hybridized carbons (Fsp3) is 0.421. The van der Waals surface area contributed by atoms with Gasteiger partial charge in [0.05, 0.1) is 23.0 Å². The van der Waals surface area contributed by atoms with Gasteiger partial charge in [0.2, 0.25) is 0 Å². The van der Waals surface area contributed by atoms with Crippen LogP contribution in [0, 0.1) is 0 Å². The van der Waals surface area contributed by atoms with E-state index in [-0.39, 0.29) is 4.83 Å². The minimum absolute atomic E-state index is 0.196. The Kier molecular flexibility index (Phi) is 4.97. The van der Waals surface area contributed by atoms with Crippen LogP contribution in [0.3, 0.4) is 0 Å². The second-order valence-electron chi connectivity index (χ2n) is 6.64. The predicted molar refractivity (Wildman–Crippen MR) is 104 cm³/mol. The van der Waals surface area contributed by atoms with Crippen LogP contribution in [0.1, 0.15) is 42.5 Å². The molecule has 0 spiro atoms. The summed E-state index contributed by atoms with van der Waals surface area (Å²) < 4.78 is 1.95. The average Bonchev–Trinajstić information content (AvgIpc) is 3.07. The summed E-state index contributed by atoms with van der Waals surface area (Å²) >= 11 is 3.77. The first-order valence-electron chi connectivity index (χ1n) is 8.93. The third-order valence-corrected chi connectivity index (χ3v) is 5.69. The number of hydrogen-bond acceptors (Lipinski definition) is 4. The van der Waals surface area contributed by atoms with Gasteiger partial charge < -0.3 is 5.32 Å².